The maximum absolute atomic E-state index is 14.3. The van der Waals surface area contributed by atoms with E-state index in [0.717, 1.165) is 39.1 Å². The van der Waals surface area contributed by atoms with Gasteiger partial charge in [0, 0.05) is 44.8 Å². The van der Waals surface area contributed by atoms with E-state index in [4.69, 9.17) is 4.74 Å². The van der Waals surface area contributed by atoms with Crippen LogP contribution in [0.15, 0.2) is 24.5 Å². The van der Waals surface area contributed by atoms with E-state index in [1.807, 2.05) is 27.7 Å². The third-order valence-corrected chi connectivity index (χ3v) is 8.18. The van der Waals surface area contributed by atoms with E-state index in [-0.39, 0.29) is 35.2 Å². The number of nitrogens with one attached hydrogen (secondary N) is 1. The molecule has 10 heteroatoms. The van der Waals surface area contributed by atoms with Crippen molar-refractivity contribution in [3.05, 3.63) is 35.9 Å². The lowest BCUT2D eigenvalue weighted by atomic mass is 9.72. The summed E-state index contributed by atoms with van der Waals surface area (Å²) in [5.74, 6) is 0.844. The van der Waals surface area contributed by atoms with Gasteiger partial charge in [-0.1, -0.05) is 0 Å². The van der Waals surface area contributed by atoms with Gasteiger partial charge in [0.05, 0.1) is 5.56 Å². The predicted molar refractivity (Wildman–Crippen MR) is 144 cm³/mol. The molecule has 0 aliphatic carbocycles. The molecule has 9 nitrogen and oxygen atoms in total. The number of piperidine rings is 1. The Bertz CT molecular complexity index is 1120. The molecule has 0 unspecified atom stereocenters. The molecule has 3 saturated heterocycles. The van der Waals surface area contributed by atoms with E-state index in [9.17, 15) is 9.18 Å². The number of amides is 1. The predicted octanol–water partition coefficient (Wildman–Crippen LogP) is 3.57. The summed E-state index contributed by atoms with van der Waals surface area (Å²) in [4.78, 5) is 24.4. The van der Waals surface area contributed by atoms with Crippen molar-refractivity contribution in [2.24, 2.45) is 11.3 Å². The fourth-order valence-electron chi connectivity index (χ4n) is 6.45. The van der Waals surface area contributed by atoms with Crippen molar-refractivity contribution in [2.75, 3.05) is 50.7 Å². The Labute approximate surface area is 224 Å². The SMILES string of the molecule is CC(C)N(C(=O)c1cc(F)ccc1Oc1nncnc1N1CC[C@@H](CN2CC3(CCNCC3)C2)C1)C(C)C. The number of halogens is 1. The quantitative estimate of drug-likeness (QED) is 0.560. The number of anilines is 1. The van der Waals surface area contributed by atoms with E-state index < -0.39 is 5.82 Å². The highest BCUT2D eigenvalue weighted by atomic mass is 19.1. The van der Waals surface area contributed by atoms with Crippen molar-refractivity contribution in [3.8, 4) is 11.6 Å². The van der Waals surface area contributed by atoms with Gasteiger partial charge < -0.3 is 24.8 Å². The standard InChI is InChI=1S/C28H40FN7O2/c1-19(2)36(20(3)4)27(37)23-13-22(29)5-6-24(23)38-26-25(31-18-32-33-26)35-12-7-21(15-35)14-34-16-28(17-34)8-10-30-11-9-28/h5-6,13,18-21,30H,7-12,14-17H2,1-4H3/t21-/m0/s1. The molecule has 1 aromatic heterocycles. The molecular formula is C28H40FN7O2. The van der Waals surface area contributed by atoms with E-state index in [1.54, 1.807) is 4.90 Å². The van der Waals surface area contributed by atoms with Crippen molar-refractivity contribution < 1.29 is 13.9 Å². The lowest BCUT2D eigenvalue weighted by molar-refractivity contribution is -0.0298. The summed E-state index contributed by atoms with van der Waals surface area (Å²) in [6, 6.07) is 3.90. The van der Waals surface area contributed by atoms with Crippen LogP contribution in [0.2, 0.25) is 0 Å². The van der Waals surface area contributed by atoms with E-state index in [1.165, 1.54) is 50.5 Å². The highest BCUT2D eigenvalue weighted by Crippen LogP contribution is 2.40. The fraction of sp³-hybridized carbons (Fsp3) is 0.643. The third-order valence-electron chi connectivity index (χ3n) is 8.18. The number of carbonyl (C=O) groups excluding carboxylic acids is 1. The van der Waals surface area contributed by atoms with Crippen molar-refractivity contribution in [3.63, 3.8) is 0 Å². The summed E-state index contributed by atoms with van der Waals surface area (Å²) < 4.78 is 20.4. The van der Waals surface area contributed by atoms with Crippen molar-refractivity contribution >= 4 is 11.7 Å². The number of ether oxygens (including phenoxy) is 1. The Morgan fingerprint density at radius 2 is 1.95 bits per heavy atom. The Morgan fingerprint density at radius 3 is 2.66 bits per heavy atom. The average molecular weight is 526 g/mol. The van der Waals surface area contributed by atoms with Crippen LogP contribution in [0, 0.1) is 17.2 Å². The Kier molecular flexibility index (Phi) is 7.81. The van der Waals surface area contributed by atoms with Gasteiger partial charge in [0.2, 0.25) is 0 Å². The topological polar surface area (TPSA) is 86.7 Å². The molecular weight excluding hydrogens is 485 g/mol. The van der Waals surface area contributed by atoms with Crippen LogP contribution in [0.3, 0.4) is 0 Å². The summed E-state index contributed by atoms with van der Waals surface area (Å²) in [5, 5.41) is 11.6. The van der Waals surface area contributed by atoms with Crippen molar-refractivity contribution in [2.45, 2.75) is 59.0 Å². The smallest absolute Gasteiger partial charge is 0.282 e. The molecule has 0 radical (unpaired) electrons. The van der Waals surface area contributed by atoms with Gasteiger partial charge in [-0.3, -0.25) is 4.79 Å². The maximum atomic E-state index is 14.3. The minimum absolute atomic E-state index is 0.0510. The van der Waals surface area contributed by atoms with Crippen LogP contribution in [0.25, 0.3) is 0 Å². The summed E-state index contributed by atoms with van der Waals surface area (Å²) in [6.45, 7) is 15.3. The molecule has 0 bridgehead atoms. The number of rotatable bonds is 8. The van der Waals surface area contributed by atoms with Gasteiger partial charge in [0.1, 0.15) is 17.9 Å². The number of hydrogen-bond donors (Lipinski definition) is 1. The van der Waals surface area contributed by atoms with E-state index in [2.05, 4.69) is 30.3 Å². The van der Waals surface area contributed by atoms with E-state index >= 15 is 0 Å². The Morgan fingerprint density at radius 1 is 1.21 bits per heavy atom. The van der Waals surface area contributed by atoms with Gasteiger partial charge in [-0.05, 0) is 89.6 Å². The maximum Gasteiger partial charge on any atom is 0.282 e. The zero-order valence-corrected chi connectivity index (χ0v) is 23.0. The summed E-state index contributed by atoms with van der Waals surface area (Å²) in [7, 11) is 0. The summed E-state index contributed by atoms with van der Waals surface area (Å²) in [5.41, 5.74) is 0.694. The third kappa shape index (κ3) is 5.61. The van der Waals surface area contributed by atoms with Gasteiger partial charge in [-0.2, -0.15) is 0 Å². The molecule has 1 spiro atoms. The second-order valence-electron chi connectivity index (χ2n) is 11.8. The summed E-state index contributed by atoms with van der Waals surface area (Å²) >= 11 is 0. The lowest BCUT2D eigenvalue weighted by Crippen LogP contribution is -2.60. The van der Waals surface area contributed by atoms with Crippen LogP contribution >= 0.6 is 0 Å². The zero-order chi connectivity index (χ0) is 26.9. The van der Waals surface area contributed by atoms with Crippen LogP contribution in [0.1, 0.15) is 57.3 Å². The van der Waals surface area contributed by atoms with Gasteiger partial charge in [-0.25, -0.2) is 9.37 Å². The molecule has 0 saturated carbocycles. The second kappa shape index (κ2) is 11.1. The monoisotopic (exact) mass is 525 g/mol. The van der Waals surface area contributed by atoms with Crippen molar-refractivity contribution in [1.29, 1.82) is 0 Å². The number of nitrogens with zero attached hydrogens (tertiary/aromatic N) is 6. The minimum atomic E-state index is -0.495. The lowest BCUT2D eigenvalue weighted by Gasteiger charge is -2.53. The highest BCUT2D eigenvalue weighted by Gasteiger charge is 2.44. The van der Waals surface area contributed by atoms with Gasteiger partial charge in [-0.15, -0.1) is 10.2 Å². The minimum Gasteiger partial charge on any atom is -0.434 e. The van der Waals surface area contributed by atoms with Gasteiger partial charge >= 0.3 is 0 Å². The molecule has 2 aromatic rings. The van der Waals surface area contributed by atoms with Crippen LogP contribution in [0.5, 0.6) is 11.6 Å². The molecule has 4 heterocycles. The molecule has 1 amide bonds. The molecule has 1 N–H and O–H groups in total. The first-order chi connectivity index (χ1) is 18.2. The van der Waals surface area contributed by atoms with Crippen LogP contribution in [-0.4, -0.2) is 88.8 Å². The highest BCUT2D eigenvalue weighted by molar-refractivity contribution is 5.97. The number of carbonyl (C=O) groups is 1. The van der Waals surface area contributed by atoms with Gasteiger partial charge in [0.25, 0.3) is 11.8 Å². The van der Waals surface area contributed by atoms with Crippen LogP contribution in [0.4, 0.5) is 10.2 Å². The van der Waals surface area contributed by atoms with Crippen molar-refractivity contribution in [1.82, 2.24) is 30.3 Å². The number of likely N-dealkylation sites (tertiary alicyclic amines) is 1. The molecule has 3 fully saturated rings. The normalized spacial score (nSPS) is 21.2. The van der Waals surface area contributed by atoms with Crippen LogP contribution < -0.4 is 15.0 Å². The van der Waals surface area contributed by atoms with Gasteiger partial charge in [0.15, 0.2) is 5.82 Å². The number of hydrogen-bond acceptors (Lipinski definition) is 8. The fourth-order valence-corrected chi connectivity index (χ4v) is 6.45. The largest absolute Gasteiger partial charge is 0.434 e. The number of aromatic nitrogens is 3. The zero-order valence-electron chi connectivity index (χ0n) is 23.0. The molecule has 5 rings (SSSR count). The second-order valence-corrected chi connectivity index (χ2v) is 11.8. The molecule has 1 aromatic carbocycles. The Balaban J connectivity index is 1.28. The molecule has 3 aliphatic rings. The first-order valence-electron chi connectivity index (χ1n) is 13.9. The van der Waals surface area contributed by atoms with Crippen LogP contribution in [-0.2, 0) is 0 Å². The Hall–Kier alpha value is -2.85. The molecule has 3 aliphatic heterocycles. The molecule has 38 heavy (non-hydrogen) atoms. The average Bonchev–Trinajstić information content (AvgIpc) is 3.33. The molecule has 206 valence electrons. The van der Waals surface area contributed by atoms with E-state index in [0.29, 0.717) is 17.2 Å². The first-order valence-corrected chi connectivity index (χ1v) is 13.9. The molecule has 1 atom stereocenters. The number of benzene rings is 1. The first kappa shape index (κ1) is 26.7. The summed E-state index contributed by atoms with van der Waals surface area (Å²) in [6.07, 6.45) is 5.06.